The number of hydrogen-bond acceptors (Lipinski definition) is 4. The van der Waals surface area contributed by atoms with Gasteiger partial charge in [-0.2, -0.15) is 0 Å². The first kappa shape index (κ1) is 17.7. The van der Waals surface area contributed by atoms with E-state index in [2.05, 4.69) is 16.0 Å². The predicted octanol–water partition coefficient (Wildman–Crippen LogP) is 2.86. The average molecular weight is 345 g/mol. The minimum absolute atomic E-state index is 0.0148. The van der Waals surface area contributed by atoms with Crippen molar-refractivity contribution >= 4 is 23.2 Å². The molecule has 0 unspecified atom stereocenters. The lowest BCUT2D eigenvalue weighted by molar-refractivity contribution is -0.117. The summed E-state index contributed by atoms with van der Waals surface area (Å²) in [5, 5.41) is 9.30. The van der Waals surface area contributed by atoms with Gasteiger partial charge in [-0.3, -0.25) is 9.59 Å². The number of piperidine rings is 1. The summed E-state index contributed by atoms with van der Waals surface area (Å²) in [5.74, 6) is 1.30. The van der Waals surface area contributed by atoms with Gasteiger partial charge in [-0.15, -0.1) is 0 Å². The number of carbonyl (C=O) groups excluding carboxylic acids is 2. The van der Waals surface area contributed by atoms with Crippen LogP contribution >= 0.6 is 0 Å². The monoisotopic (exact) mass is 345 g/mol. The minimum atomic E-state index is -0.0148. The van der Waals surface area contributed by atoms with Gasteiger partial charge in [0, 0.05) is 24.6 Å². The molecule has 0 spiro atoms. The first-order chi connectivity index (χ1) is 12.1. The van der Waals surface area contributed by atoms with Gasteiger partial charge >= 0.3 is 0 Å². The smallest absolute Gasteiger partial charge is 0.225 e. The van der Waals surface area contributed by atoms with Crippen molar-refractivity contribution in [2.75, 3.05) is 30.8 Å². The summed E-state index contributed by atoms with van der Waals surface area (Å²) in [6, 6.07) is 3.83. The molecule has 0 bridgehead atoms. The molecule has 1 saturated heterocycles. The van der Waals surface area contributed by atoms with Crippen molar-refractivity contribution in [2.24, 2.45) is 5.92 Å². The van der Waals surface area contributed by atoms with Gasteiger partial charge < -0.3 is 20.7 Å². The summed E-state index contributed by atoms with van der Waals surface area (Å²) in [4.78, 5) is 24.2. The Morgan fingerprint density at radius 2 is 2.08 bits per heavy atom. The molecule has 6 heteroatoms. The maximum absolute atomic E-state index is 12.2. The molecule has 3 rings (SSSR count). The number of rotatable bonds is 5. The normalized spacial score (nSPS) is 20.6. The molecule has 2 heterocycles. The van der Waals surface area contributed by atoms with E-state index in [4.69, 9.17) is 4.74 Å². The van der Waals surface area contributed by atoms with Gasteiger partial charge in [0.2, 0.25) is 11.8 Å². The Hall–Kier alpha value is -2.08. The fourth-order valence-electron chi connectivity index (χ4n) is 3.90. The summed E-state index contributed by atoms with van der Waals surface area (Å²) in [6.07, 6.45) is 3.93. The standard InChI is InChI=1S/C19H27N3O3/c1-3-4-18(23)22-16-9-14-13(12-5-7-20-8-6-12)10-19(24)21-15(14)11-17(16)25-2/h9,11-13,20H,3-8,10H2,1-2H3,(H,21,24)(H,22,23)/t13-/m0/s1. The second-order valence-electron chi connectivity index (χ2n) is 6.88. The molecular weight excluding hydrogens is 318 g/mol. The van der Waals surface area contributed by atoms with Crippen molar-refractivity contribution in [2.45, 2.75) is 44.9 Å². The highest BCUT2D eigenvalue weighted by molar-refractivity contribution is 5.97. The topological polar surface area (TPSA) is 79.5 Å². The van der Waals surface area contributed by atoms with Crippen LogP contribution in [0.15, 0.2) is 12.1 Å². The lowest BCUT2D eigenvalue weighted by Gasteiger charge is -2.35. The number of carbonyl (C=O) groups is 2. The summed E-state index contributed by atoms with van der Waals surface area (Å²) >= 11 is 0. The molecule has 1 fully saturated rings. The molecule has 2 aliphatic heterocycles. The van der Waals surface area contributed by atoms with E-state index in [1.165, 1.54) is 0 Å². The second kappa shape index (κ2) is 7.87. The lowest BCUT2D eigenvalue weighted by Crippen LogP contribution is -2.34. The van der Waals surface area contributed by atoms with E-state index < -0.39 is 0 Å². The summed E-state index contributed by atoms with van der Waals surface area (Å²) in [7, 11) is 1.58. The van der Waals surface area contributed by atoms with Gasteiger partial charge in [0.25, 0.3) is 0 Å². The second-order valence-corrected chi connectivity index (χ2v) is 6.88. The number of nitrogens with one attached hydrogen (secondary N) is 3. The number of benzene rings is 1. The maximum atomic E-state index is 12.2. The summed E-state index contributed by atoms with van der Waals surface area (Å²) < 4.78 is 5.43. The van der Waals surface area contributed by atoms with Gasteiger partial charge in [0.1, 0.15) is 5.75 Å². The van der Waals surface area contributed by atoms with Crippen molar-refractivity contribution in [1.82, 2.24) is 5.32 Å². The fourth-order valence-corrected chi connectivity index (χ4v) is 3.90. The van der Waals surface area contributed by atoms with Crippen LogP contribution < -0.4 is 20.7 Å². The maximum Gasteiger partial charge on any atom is 0.225 e. The van der Waals surface area contributed by atoms with Crippen LogP contribution in [0.2, 0.25) is 0 Å². The Labute approximate surface area is 148 Å². The van der Waals surface area contributed by atoms with Crippen LogP contribution in [0.3, 0.4) is 0 Å². The van der Waals surface area contributed by atoms with Crippen molar-refractivity contribution in [3.05, 3.63) is 17.7 Å². The number of ether oxygens (including phenoxy) is 1. The van der Waals surface area contributed by atoms with Crippen molar-refractivity contribution in [3.8, 4) is 5.75 Å². The van der Waals surface area contributed by atoms with E-state index in [-0.39, 0.29) is 17.7 Å². The van der Waals surface area contributed by atoms with E-state index in [1.807, 2.05) is 19.1 Å². The van der Waals surface area contributed by atoms with Crippen LogP contribution in [0, 0.1) is 5.92 Å². The van der Waals surface area contributed by atoms with Gasteiger partial charge in [0.15, 0.2) is 0 Å². The van der Waals surface area contributed by atoms with E-state index in [9.17, 15) is 9.59 Å². The van der Waals surface area contributed by atoms with Crippen LogP contribution in [-0.4, -0.2) is 32.0 Å². The molecule has 2 amide bonds. The van der Waals surface area contributed by atoms with E-state index in [0.717, 1.165) is 43.6 Å². The molecule has 136 valence electrons. The largest absolute Gasteiger partial charge is 0.494 e. The predicted molar refractivity (Wildman–Crippen MR) is 98.1 cm³/mol. The van der Waals surface area contributed by atoms with E-state index in [0.29, 0.717) is 30.2 Å². The van der Waals surface area contributed by atoms with Gasteiger partial charge in [-0.1, -0.05) is 6.92 Å². The Morgan fingerprint density at radius 1 is 1.32 bits per heavy atom. The van der Waals surface area contributed by atoms with Crippen molar-refractivity contribution in [1.29, 1.82) is 0 Å². The number of anilines is 2. The number of amides is 2. The first-order valence-corrected chi connectivity index (χ1v) is 9.14. The molecule has 1 aromatic carbocycles. The van der Waals surface area contributed by atoms with Gasteiger partial charge in [-0.05, 0) is 55.8 Å². The van der Waals surface area contributed by atoms with Crippen LogP contribution in [0.1, 0.15) is 50.5 Å². The quantitative estimate of drug-likeness (QED) is 0.767. The fraction of sp³-hybridized carbons (Fsp3) is 0.579. The first-order valence-electron chi connectivity index (χ1n) is 9.14. The Morgan fingerprint density at radius 3 is 2.76 bits per heavy atom. The highest BCUT2D eigenvalue weighted by atomic mass is 16.5. The molecule has 1 atom stereocenters. The molecule has 3 N–H and O–H groups in total. The molecule has 0 saturated carbocycles. The van der Waals surface area contributed by atoms with Crippen LogP contribution in [0.4, 0.5) is 11.4 Å². The van der Waals surface area contributed by atoms with E-state index >= 15 is 0 Å². The van der Waals surface area contributed by atoms with Gasteiger partial charge in [-0.25, -0.2) is 0 Å². The highest BCUT2D eigenvalue weighted by Crippen LogP contribution is 2.44. The number of fused-ring (bicyclic) bond motifs is 1. The zero-order valence-electron chi connectivity index (χ0n) is 15.0. The minimum Gasteiger partial charge on any atom is -0.494 e. The zero-order chi connectivity index (χ0) is 17.8. The summed E-state index contributed by atoms with van der Waals surface area (Å²) in [6.45, 7) is 3.97. The van der Waals surface area contributed by atoms with Crippen LogP contribution in [0.25, 0.3) is 0 Å². The molecular formula is C19H27N3O3. The number of hydrogen-bond donors (Lipinski definition) is 3. The molecule has 1 aromatic rings. The lowest BCUT2D eigenvalue weighted by atomic mass is 9.76. The molecule has 0 aliphatic carbocycles. The Balaban J connectivity index is 1.94. The Kier molecular flexibility index (Phi) is 5.58. The molecule has 25 heavy (non-hydrogen) atoms. The molecule has 2 aliphatic rings. The molecule has 0 aromatic heterocycles. The summed E-state index contributed by atoms with van der Waals surface area (Å²) in [5.41, 5.74) is 2.61. The Bertz CT molecular complexity index is 654. The third-order valence-electron chi connectivity index (χ3n) is 5.15. The third-order valence-corrected chi connectivity index (χ3v) is 5.15. The molecule has 0 radical (unpaired) electrons. The van der Waals surface area contributed by atoms with Crippen molar-refractivity contribution in [3.63, 3.8) is 0 Å². The van der Waals surface area contributed by atoms with Gasteiger partial charge in [0.05, 0.1) is 12.8 Å². The van der Waals surface area contributed by atoms with E-state index in [1.54, 1.807) is 7.11 Å². The van der Waals surface area contributed by atoms with Crippen LogP contribution in [0.5, 0.6) is 5.75 Å². The number of methoxy groups -OCH3 is 1. The SMILES string of the molecule is CCCC(=O)Nc1cc2c(cc1OC)NC(=O)C[C@H]2C1CCNCC1. The highest BCUT2D eigenvalue weighted by Gasteiger charge is 2.33. The molecule has 6 nitrogen and oxygen atoms in total. The third kappa shape index (κ3) is 3.95. The van der Waals surface area contributed by atoms with Crippen molar-refractivity contribution < 1.29 is 14.3 Å². The zero-order valence-corrected chi connectivity index (χ0v) is 15.0. The van der Waals surface area contributed by atoms with Crippen LogP contribution in [-0.2, 0) is 9.59 Å². The average Bonchev–Trinajstić information content (AvgIpc) is 2.61.